The first kappa shape index (κ1) is 22.3. The lowest BCUT2D eigenvalue weighted by Gasteiger charge is -2.15. The van der Waals surface area contributed by atoms with Crippen molar-refractivity contribution in [2.24, 2.45) is 0 Å². The van der Waals surface area contributed by atoms with Crippen LogP contribution in [0.3, 0.4) is 0 Å². The molecular weight excluding hydrogens is 444 g/mol. The van der Waals surface area contributed by atoms with Crippen LogP contribution >= 0.6 is 0 Å². The molecule has 0 aliphatic heterocycles. The molecule has 4 rings (SSSR count). The Hall–Kier alpha value is -3.93. The summed E-state index contributed by atoms with van der Waals surface area (Å²) in [5.74, 6) is -1.94. The molecule has 0 unspecified atom stereocenters. The van der Waals surface area contributed by atoms with Crippen LogP contribution in [0.1, 0.15) is 11.3 Å². The van der Waals surface area contributed by atoms with Crippen molar-refractivity contribution in [1.29, 1.82) is 0 Å². The number of H-pyrrole nitrogens is 1. The predicted molar refractivity (Wildman–Crippen MR) is 113 cm³/mol. The fourth-order valence-corrected chi connectivity index (χ4v) is 3.43. The highest BCUT2D eigenvalue weighted by Gasteiger charge is 2.38. The molecule has 0 saturated heterocycles. The second kappa shape index (κ2) is 8.54. The van der Waals surface area contributed by atoms with Gasteiger partial charge in [-0.25, -0.2) is 14.4 Å². The minimum Gasteiger partial charge on any atom is -0.453 e. The van der Waals surface area contributed by atoms with Crippen molar-refractivity contribution in [3.63, 3.8) is 0 Å². The maximum atomic E-state index is 14.9. The Bertz CT molecular complexity index is 1320. The van der Waals surface area contributed by atoms with Crippen molar-refractivity contribution in [2.45, 2.75) is 12.6 Å². The predicted octanol–water partition coefficient (Wildman–Crippen LogP) is 4.32. The zero-order valence-corrected chi connectivity index (χ0v) is 17.2. The largest absolute Gasteiger partial charge is 0.453 e. The zero-order valence-electron chi connectivity index (χ0n) is 17.2. The summed E-state index contributed by atoms with van der Waals surface area (Å²) in [6.07, 6.45) is -1.06. The van der Waals surface area contributed by atoms with Crippen LogP contribution in [0, 0.1) is 5.82 Å². The summed E-state index contributed by atoms with van der Waals surface area (Å²) in [6, 6.07) is 4.87. The number of pyridine rings is 1. The van der Waals surface area contributed by atoms with Gasteiger partial charge < -0.3 is 25.9 Å². The normalized spacial score (nSPS) is 11.8. The number of nitrogen functional groups attached to an aromatic ring is 2. The van der Waals surface area contributed by atoms with E-state index in [-0.39, 0.29) is 11.3 Å². The Morgan fingerprint density at radius 3 is 2.58 bits per heavy atom. The molecule has 8 nitrogen and oxygen atoms in total. The smallest absolute Gasteiger partial charge is 0.434 e. The first-order valence-corrected chi connectivity index (χ1v) is 9.61. The van der Waals surface area contributed by atoms with E-state index in [1.807, 2.05) is 0 Å². The Morgan fingerprint density at radius 2 is 1.88 bits per heavy atom. The fraction of sp³-hybridized carbons (Fsp3) is 0.190. The number of methoxy groups -OCH3 is 1. The molecule has 0 atom stereocenters. The van der Waals surface area contributed by atoms with Crippen LogP contribution in [0.25, 0.3) is 22.2 Å². The van der Waals surface area contributed by atoms with E-state index in [0.717, 1.165) is 11.6 Å². The number of alkyl halides is 3. The molecule has 33 heavy (non-hydrogen) atoms. The van der Waals surface area contributed by atoms with Gasteiger partial charge in [0.25, 0.3) is 0 Å². The van der Waals surface area contributed by atoms with Gasteiger partial charge in [-0.2, -0.15) is 18.2 Å². The van der Waals surface area contributed by atoms with Crippen molar-refractivity contribution in [2.75, 3.05) is 25.2 Å². The van der Waals surface area contributed by atoms with Crippen LogP contribution in [0.4, 0.5) is 29.3 Å². The first-order valence-electron chi connectivity index (χ1n) is 9.61. The number of anilines is 2. The second-order valence-corrected chi connectivity index (χ2v) is 7.03. The number of hydrogen-bond acceptors (Lipinski definition) is 7. The minimum atomic E-state index is -4.87. The Labute approximate surface area is 184 Å². The number of rotatable bonds is 6. The summed E-state index contributed by atoms with van der Waals surface area (Å²) in [6.45, 7) is 0.455. The van der Waals surface area contributed by atoms with Crippen LogP contribution in [-0.4, -0.2) is 33.7 Å². The van der Waals surface area contributed by atoms with E-state index < -0.39 is 35.0 Å². The number of ether oxygens (including phenoxy) is 2. The quantitative estimate of drug-likeness (QED) is 0.364. The lowest BCUT2D eigenvalue weighted by molar-refractivity contribution is -0.140. The Balaban J connectivity index is 1.73. The highest BCUT2D eigenvalue weighted by molar-refractivity contribution is 5.86. The molecule has 5 N–H and O–H groups in total. The number of aromatic nitrogens is 4. The molecule has 0 aliphatic carbocycles. The van der Waals surface area contributed by atoms with E-state index in [1.165, 1.54) is 18.3 Å². The number of benzene rings is 1. The lowest BCUT2D eigenvalue weighted by Crippen LogP contribution is -2.15. The number of aromatic amines is 1. The van der Waals surface area contributed by atoms with Crippen LogP contribution in [-0.2, 0) is 17.3 Å². The van der Waals surface area contributed by atoms with E-state index in [2.05, 4.69) is 19.9 Å². The summed E-state index contributed by atoms with van der Waals surface area (Å²) >= 11 is 0. The molecule has 0 bridgehead atoms. The van der Waals surface area contributed by atoms with E-state index in [9.17, 15) is 17.6 Å². The molecule has 4 aromatic rings. The summed E-state index contributed by atoms with van der Waals surface area (Å²) < 4.78 is 66.2. The van der Waals surface area contributed by atoms with E-state index in [0.29, 0.717) is 29.8 Å². The second-order valence-electron chi connectivity index (χ2n) is 7.03. The highest BCUT2D eigenvalue weighted by Crippen LogP contribution is 2.40. The van der Waals surface area contributed by atoms with Gasteiger partial charge in [0.2, 0.25) is 5.95 Å². The molecule has 3 aromatic heterocycles. The van der Waals surface area contributed by atoms with E-state index in [1.54, 1.807) is 19.4 Å². The maximum Gasteiger partial charge on any atom is 0.434 e. The zero-order chi connectivity index (χ0) is 23.8. The molecule has 0 fully saturated rings. The molecule has 0 spiro atoms. The van der Waals surface area contributed by atoms with Crippen LogP contribution in [0.2, 0.25) is 0 Å². The third kappa shape index (κ3) is 4.37. The summed E-state index contributed by atoms with van der Waals surface area (Å²) in [7, 11) is 1.57. The van der Waals surface area contributed by atoms with Gasteiger partial charge in [-0.1, -0.05) is 6.07 Å². The van der Waals surface area contributed by atoms with Gasteiger partial charge in [0.1, 0.15) is 17.2 Å². The third-order valence-electron chi connectivity index (χ3n) is 4.86. The Morgan fingerprint density at radius 1 is 1.09 bits per heavy atom. The molecule has 1 aromatic carbocycles. The molecule has 0 saturated carbocycles. The van der Waals surface area contributed by atoms with Crippen LogP contribution < -0.4 is 16.2 Å². The average Bonchev–Trinajstić information content (AvgIpc) is 3.16. The minimum absolute atomic E-state index is 0.174. The van der Waals surface area contributed by atoms with Gasteiger partial charge >= 0.3 is 6.18 Å². The third-order valence-corrected chi connectivity index (χ3v) is 4.86. The first-order chi connectivity index (χ1) is 15.7. The standard InChI is InChI=1S/C21H18F4N6O2/c1-32-7-5-11-9-29-19-15(11)14(4-6-28-19)33-13-3-2-10(8-12(13)22)16-17(21(23,24)25)30-20(27)31-18(16)26/h2-4,6,8-9H,5,7H2,1H3,(H,28,29)(H4,26,27,30,31). The summed E-state index contributed by atoms with van der Waals surface area (Å²) in [4.78, 5) is 14.1. The van der Waals surface area contributed by atoms with E-state index >= 15 is 0 Å². The SMILES string of the molecule is COCCc1c[nH]c2nccc(Oc3ccc(-c4c(N)nc(N)nc4C(F)(F)F)cc3F)c12. The number of hydrogen-bond donors (Lipinski definition) is 3. The maximum absolute atomic E-state index is 14.9. The number of nitrogens with one attached hydrogen (secondary N) is 1. The van der Waals surface area contributed by atoms with Crippen molar-refractivity contribution < 1.29 is 27.0 Å². The number of halogens is 4. The van der Waals surface area contributed by atoms with Crippen molar-refractivity contribution in [3.05, 3.63) is 53.7 Å². The number of nitrogens with zero attached hydrogens (tertiary/aromatic N) is 3. The fourth-order valence-electron chi connectivity index (χ4n) is 3.43. The van der Waals surface area contributed by atoms with Gasteiger partial charge in [-0.3, -0.25) is 0 Å². The van der Waals surface area contributed by atoms with Crippen LogP contribution in [0.5, 0.6) is 11.5 Å². The molecule has 0 radical (unpaired) electrons. The van der Waals surface area contributed by atoms with Gasteiger partial charge in [0.05, 0.1) is 17.6 Å². The lowest BCUT2D eigenvalue weighted by atomic mass is 10.0. The summed E-state index contributed by atoms with van der Waals surface area (Å²) in [5, 5.41) is 0.647. The van der Waals surface area contributed by atoms with Crippen molar-refractivity contribution >= 4 is 22.8 Å². The summed E-state index contributed by atoms with van der Waals surface area (Å²) in [5.41, 5.74) is 10.3. The Kier molecular flexibility index (Phi) is 5.77. The topological polar surface area (TPSA) is 125 Å². The van der Waals surface area contributed by atoms with Gasteiger partial charge in [0.15, 0.2) is 17.3 Å². The number of nitrogens with two attached hydrogens (primary N) is 2. The molecule has 172 valence electrons. The molecule has 0 aliphatic rings. The molecule has 12 heteroatoms. The van der Waals surface area contributed by atoms with E-state index in [4.69, 9.17) is 20.9 Å². The molecular formula is C21H18F4N6O2. The molecule has 0 amide bonds. The monoisotopic (exact) mass is 462 g/mol. The van der Waals surface area contributed by atoms with Crippen molar-refractivity contribution in [3.8, 4) is 22.6 Å². The van der Waals surface area contributed by atoms with Gasteiger partial charge in [-0.15, -0.1) is 0 Å². The average molecular weight is 462 g/mol. The number of fused-ring (bicyclic) bond motifs is 1. The molecule has 3 heterocycles. The van der Waals surface area contributed by atoms with Crippen LogP contribution in [0.15, 0.2) is 36.7 Å². The van der Waals surface area contributed by atoms with Gasteiger partial charge in [0, 0.05) is 19.5 Å². The van der Waals surface area contributed by atoms with Crippen molar-refractivity contribution in [1.82, 2.24) is 19.9 Å². The highest BCUT2D eigenvalue weighted by atomic mass is 19.4. The van der Waals surface area contributed by atoms with Gasteiger partial charge in [-0.05, 0) is 35.7 Å².